The van der Waals surface area contributed by atoms with E-state index < -0.39 is 0 Å². The number of hydrogen-bond donors (Lipinski definition) is 0. The van der Waals surface area contributed by atoms with Gasteiger partial charge in [-0.1, -0.05) is 114 Å². The Bertz CT molecular complexity index is 2810. The van der Waals surface area contributed by atoms with E-state index in [4.69, 9.17) is 0 Å². The smallest absolute Gasteiger partial charge is 0.247 e. The predicted octanol–water partition coefficient (Wildman–Crippen LogP) is 8.62. The van der Waals surface area contributed by atoms with Gasteiger partial charge in [0.2, 0.25) is 6.71 Å². The van der Waals surface area contributed by atoms with Crippen LogP contribution in [0.5, 0.6) is 0 Å². The fourth-order valence-corrected chi connectivity index (χ4v) is 8.68. The van der Waals surface area contributed by atoms with Crippen molar-refractivity contribution in [1.82, 2.24) is 9.38 Å². The highest BCUT2D eigenvalue weighted by molar-refractivity contribution is 6.98. The molecule has 0 fully saturated rings. The first-order valence-corrected chi connectivity index (χ1v) is 18.4. The minimum absolute atomic E-state index is 0.113. The Morgan fingerprint density at radius 2 is 1.17 bits per heavy atom. The molecule has 0 aliphatic carbocycles. The molecule has 0 radical (unpaired) electrons. The third kappa shape index (κ3) is 4.59. The molecule has 0 N–H and O–H groups in total. The second kappa shape index (κ2) is 11.9. The van der Waals surface area contributed by atoms with Crippen molar-refractivity contribution in [3.63, 3.8) is 0 Å². The second-order valence-electron chi connectivity index (χ2n) is 15.3. The van der Waals surface area contributed by atoms with Crippen LogP contribution >= 0.6 is 0 Å². The third-order valence-electron chi connectivity index (χ3n) is 11.2. The number of para-hydroxylation sites is 3. The minimum Gasteiger partial charge on any atom is -0.311 e. The van der Waals surface area contributed by atoms with Crippen LogP contribution in [0.4, 0.5) is 17.1 Å². The topological polar surface area (TPSA) is 54.7 Å². The molecular weight excluding hydrogens is 637 g/mol. The molecule has 5 nitrogen and oxygen atoms in total. The van der Waals surface area contributed by atoms with Gasteiger partial charge in [-0.25, -0.2) is 0 Å². The molecule has 3 aromatic heterocycles. The summed E-state index contributed by atoms with van der Waals surface area (Å²) in [5.41, 5.74) is 12.8. The van der Waals surface area contributed by atoms with Crippen LogP contribution in [0.25, 0.3) is 38.1 Å². The molecule has 1 aliphatic rings. The number of fused-ring (bicyclic) bond motifs is 6. The van der Waals surface area contributed by atoms with Gasteiger partial charge in [0.05, 0.1) is 27.3 Å². The number of aromatic nitrogens is 2. The Kier molecular flexibility index (Phi) is 7.37. The van der Waals surface area contributed by atoms with Crippen molar-refractivity contribution in [3.05, 3.63) is 153 Å². The van der Waals surface area contributed by atoms with Crippen LogP contribution in [0.2, 0.25) is 0 Å². The Hall–Kier alpha value is -5.75. The number of nitrogens with zero attached hydrogens (tertiary/aromatic N) is 3. The van der Waals surface area contributed by atoms with E-state index in [1.54, 1.807) is 12.4 Å². The van der Waals surface area contributed by atoms with Crippen LogP contribution in [0, 0.1) is 0 Å². The first-order valence-electron chi connectivity index (χ1n) is 18.4. The quantitative estimate of drug-likeness (QED) is 0.104. The van der Waals surface area contributed by atoms with Gasteiger partial charge < -0.3 is 9.30 Å². The number of anilines is 3. The summed E-state index contributed by atoms with van der Waals surface area (Å²) in [5, 5.41) is 2.11. The summed E-state index contributed by atoms with van der Waals surface area (Å²) >= 11 is 0. The van der Waals surface area contributed by atoms with Gasteiger partial charge in [-0.3, -0.25) is 14.6 Å². The summed E-state index contributed by atoms with van der Waals surface area (Å²) in [7, 11) is 0. The van der Waals surface area contributed by atoms with Gasteiger partial charge >= 0.3 is 0 Å². The lowest BCUT2D eigenvalue weighted by Gasteiger charge is -2.39. The number of pyridine rings is 3. The predicted molar refractivity (Wildman–Crippen MR) is 219 cm³/mol. The second-order valence-corrected chi connectivity index (χ2v) is 15.3. The minimum atomic E-state index is -0.124. The van der Waals surface area contributed by atoms with Crippen molar-refractivity contribution in [2.75, 3.05) is 4.90 Å². The van der Waals surface area contributed by atoms with Crippen molar-refractivity contribution in [3.8, 4) is 0 Å². The lowest BCUT2D eigenvalue weighted by atomic mass is 9.33. The summed E-state index contributed by atoms with van der Waals surface area (Å²) in [6, 6.07) is 36.1. The van der Waals surface area contributed by atoms with Gasteiger partial charge in [-0.05, 0) is 81.8 Å². The summed E-state index contributed by atoms with van der Waals surface area (Å²) in [4.78, 5) is 35.4. The molecule has 0 saturated heterocycles. The average Bonchev–Trinajstić information content (AvgIpc) is 3.16. The molecule has 1 aliphatic heterocycles. The first kappa shape index (κ1) is 32.2. The monoisotopic (exact) mass is 677 g/mol. The number of hydrogen-bond acceptors (Lipinski definition) is 4. The highest BCUT2D eigenvalue weighted by Gasteiger charge is 2.39. The normalized spacial score (nSPS) is 13.0. The molecule has 5 aromatic carbocycles. The summed E-state index contributed by atoms with van der Waals surface area (Å²) < 4.78 is 2.12. The molecule has 0 atom stereocenters. The standard InChI is InChI=1S/C46H40BN3O2/c1-26(2)29-20-32(27(3)4)43(33(21-29)28(5)6)47-37-17-11-13-19-40(37)49(30-14-8-7-9-15-30)42-23-41-34(22-38(42)47)46(52)36-25-48-24-35-44(36)50(41)39-18-12-10-16-31(39)45(35)51/h7-28H,1-6H3. The molecule has 0 bridgehead atoms. The summed E-state index contributed by atoms with van der Waals surface area (Å²) in [6.07, 6.45) is 3.23. The summed E-state index contributed by atoms with van der Waals surface area (Å²) in [6.45, 7) is 13.6. The van der Waals surface area contributed by atoms with E-state index in [9.17, 15) is 9.59 Å². The fraction of sp³-hybridized carbons (Fsp3) is 0.196. The van der Waals surface area contributed by atoms with E-state index in [-0.39, 0.29) is 29.4 Å². The Labute approximate surface area is 303 Å². The Morgan fingerprint density at radius 3 is 1.85 bits per heavy atom. The molecule has 0 amide bonds. The van der Waals surface area contributed by atoms with E-state index >= 15 is 0 Å². The first-order chi connectivity index (χ1) is 25.2. The van der Waals surface area contributed by atoms with Gasteiger partial charge in [0.1, 0.15) is 0 Å². The zero-order valence-electron chi connectivity index (χ0n) is 30.4. The van der Waals surface area contributed by atoms with Crippen molar-refractivity contribution in [2.45, 2.75) is 59.3 Å². The van der Waals surface area contributed by atoms with Crippen molar-refractivity contribution in [2.24, 2.45) is 0 Å². The van der Waals surface area contributed by atoms with E-state index in [2.05, 4.69) is 129 Å². The lowest BCUT2D eigenvalue weighted by Crippen LogP contribution is -2.59. The van der Waals surface area contributed by atoms with Crippen LogP contribution in [0.15, 0.2) is 125 Å². The van der Waals surface area contributed by atoms with E-state index in [0.29, 0.717) is 33.0 Å². The molecule has 0 saturated carbocycles. The Morgan fingerprint density at radius 1 is 0.558 bits per heavy atom. The van der Waals surface area contributed by atoms with Crippen molar-refractivity contribution < 1.29 is 0 Å². The molecule has 254 valence electrons. The largest absolute Gasteiger partial charge is 0.311 e. The van der Waals surface area contributed by atoms with Crippen LogP contribution in [0.1, 0.15) is 76.0 Å². The van der Waals surface area contributed by atoms with Gasteiger partial charge in [-0.2, -0.15) is 0 Å². The summed E-state index contributed by atoms with van der Waals surface area (Å²) in [5.74, 6) is 0.963. The van der Waals surface area contributed by atoms with Crippen LogP contribution in [-0.4, -0.2) is 16.1 Å². The van der Waals surface area contributed by atoms with Crippen LogP contribution < -0.4 is 32.1 Å². The number of benzene rings is 5. The molecule has 52 heavy (non-hydrogen) atoms. The van der Waals surface area contributed by atoms with Crippen LogP contribution in [-0.2, 0) is 0 Å². The fourth-order valence-electron chi connectivity index (χ4n) is 8.68. The zero-order chi connectivity index (χ0) is 36.0. The van der Waals surface area contributed by atoms with Crippen molar-refractivity contribution >= 4 is 78.3 Å². The van der Waals surface area contributed by atoms with Gasteiger partial charge in [0.15, 0.2) is 10.9 Å². The lowest BCUT2D eigenvalue weighted by molar-refractivity contribution is 0.812. The molecule has 8 aromatic rings. The van der Waals surface area contributed by atoms with E-state index in [0.717, 1.165) is 33.6 Å². The van der Waals surface area contributed by atoms with Gasteiger partial charge in [-0.15, -0.1) is 0 Å². The molecular formula is C46H40BN3O2. The van der Waals surface area contributed by atoms with Gasteiger partial charge in [0.25, 0.3) is 0 Å². The highest BCUT2D eigenvalue weighted by Crippen LogP contribution is 2.39. The maximum absolute atomic E-state index is 14.8. The third-order valence-corrected chi connectivity index (χ3v) is 11.2. The van der Waals surface area contributed by atoms with E-state index in [1.165, 1.54) is 27.6 Å². The highest BCUT2D eigenvalue weighted by atomic mass is 16.1. The molecule has 0 unspecified atom stereocenters. The molecule has 9 rings (SSSR count). The van der Waals surface area contributed by atoms with E-state index in [1.807, 2.05) is 30.3 Å². The maximum Gasteiger partial charge on any atom is 0.247 e. The zero-order valence-corrected chi connectivity index (χ0v) is 30.4. The Balaban J connectivity index is 1.50. The van der Waals surface area contributed by atoms with Crippen LogP contribution in [0.3, 0.4) is 0 Å². The van der Waals surface area contributed by atoms with Crippen molar-refractivity contribution in [1.29, 1.82) is 0 Å². The average molecular weight is 678 g/mol. The van der Waals surface area contributed by atoms with Gasteiger partial charge in [0, 0.05) is 40.2 Å². The number of rotatable bonds is 5. The maximum atomic E-state index is 14.8. The SMILES string of the molecule is CC(C)c1cc(C(C)C)c(B2c3ccccc3N(c3ccccc3)c3cc4c(cc32)c(=O)c2cncc3c(=O)c5ccccc5n4c32)c(C(C)C)c1. The molecule has 4 heterocycles. The molecule has 6 heteroatoms. The molecule has 0 spiro atoms.